The van der Waals surface area contributed by atoms with E-state index >= 15 is 0 Å². The van der Waals surface area contributed by atoms with Crippen molar-refractivity contribution in [3.05, 3.63) is 5.28 Å². The normalized spacial score (nSPS) is 22.6. The lowest BCUT2D eigenvalue weighted by molar-refractivity contribution is 0.141. The molecule has 1 fully saturated rings. The van der Waals surface area contributed by atoms with Gasteiger partial charge in [-0.1, -0.05) is 12.8 Å². The third kappa shape index (κ3) is 4.18. The zero-order chi connectivity index (χ0) is 14.4. The van der Waals surface area contributed by atoms with Gasteiger partial charge in [0.15, 0.2) is 0 Å². The highest BCUT2D eigenvalue weighted by Gasteiger charge is 2.24. The van der Waals surface area contributed by atoms with Crippen LogP contribution in [0.4, 0.5) is 11.9 Å². The first-order valence-corrected chi connectivity index (χ1v) is 7.61. The molecule has 6 nitrogen and oxygen atoms in total. The zero-order valence-corrected chi connectivity index (χ0v) is 12.5. The van der Waals surface area contributed by atoms with Crippen molar-refractivity contribution in [3.63, 3.8) is 0 Å². The first kappa shape index (κ1) is 15.3. The molecule has 2 atom stereocenters. The molecule has 3 N–H and O–H groups in total. The van der Waals surface area contributed by atoms with Gasteiger partial charge in [-0.15, -0.1) is 0 Å². The molecular weight excluding hydrogens is 278 g/mol. The number of nitrogens with zero attached hydrogens (tertiary/aromatic N) is 3. The van der Waals surface area contributed by atoms with E-state index in [1.54, 1.807) is 0 Å². The van der Waals surface area contributed by atoms with Gasteiger partial charge in [0.1, 0.15) is 0 Å². The summed E-state index contributed by atoms with van der Waals surface area (Å²) in [5.41, 5.74) is 0. The van der Waals surface area contributed by atoms with Gasteiger partial charge in [-0.05, 0) is 43.2 Å². The van der Waals surface area contributed by atoms with Crippen LogP contribution in [-0.2, 0) is 0 Å². The third-order valence-corrected chi connectivity index (χ3v) is 3.94. The number of halogens is 1. The van der Waals surface area contributed by atoms with Gasteiger partial charge in [-0.2, -0.15) is 15.0 Å². The highest BCUT2D eigenvalue weighted by molar-refractivity contribution is 6.28. The minimum Gasteiger partial charge on any atom is -0.396 e. The third-order valence-electron chi connectivity index (χ3n) is 3.77. The van der Waals surface area contributed by atoms with Crippen molar-refractivity contribution in [2.24, 2.45) is 11.8 Å². The van der Waals surface area contributed by atoms with Crippen LogP contribution >= 0.6 is 11.6 Å². The van der Waals surface area contributed by atoms with Gasteiger partial charge >= 0.3 is 0 Å². The molecule has 0 spiro atoms. The highest BCUT2D eigenvalue weighted by atomic mass is 35.5. The zero-order valence-electron chi connectivity index (χ0n) is 11.8. The number of hydrogen-bond donors (Lipinski definition) is 3. The molecule has 1 saturated carbocycles. The Morgan fingerprint density at radius 3 is 2.40 bits per heavy atom. The maximum Gasteiger partial charge on any atom is 0.228 e. The second kappa shape index (κ2) is 7.59. The lowest BCUT2D eigenvalue weighted by atomic mass is 9.80. The van der Waals surface area contributed by atoms with Crippen LogP contribution in [0.25, 0.3) is 0 Å². The Morgan fingerprint density at radius 1 is 1.10 bits per heavy atom. The van der Waals surface area contributed by atoms with E-state index in [0.717, 1.165) is 25.9 Å². The van der Waals surface area contributed by atoms with Crippen LogP contribution < -0.4 is 10.6 Å². The van der Waals surface area contributed by atoms with Gasteiger partial charge < -0.3 is 15.7 Å². The molecule has 0 amide bonds. The lowest BCUT2D eigenvalue weighted by Gasteiger charge is -2.30. The molecule has 0 aromatic carbocycles. The molecule has 1 aliphatic rings. The number of aliphatic hydroxyl groups is 1. The van der Waals surface area contributed by atoms with Crippen LogP contribution in [0, 0.1) is 11.8 Å². The smallest absolute Gasteiger partial charge is 0.228 e. The van der Waals surface area contributed by atoms with Crippen molar-refractivity contribution in [1.82, 2.24) is 15.0 Å². The highest BCUT2D eigenvalue weighted by Crippen LogP contribution is 2.29. The van der Waals surface area contributed by atoms with Crippen LogP contribution in [0.2, 0.25) is 5.28 Å². The van der Waals surface area contributed by atoms with E-state index in [-0.39, 0.29) is 11.9 Å². The molecule has 0 bridgehead atoms. The Hall–Kier alpha value is -1.14. The molecule has 20 heavy (non-hydrogen) atoms. The van der Waals surface area contributed by atoms with Gasteiger partial charge in [0, 0.05) is 19.7 Å². The van der Waals surface area contributed by atoms with E-state index in [0.29, 0.717) is 23.7 Å². The summed E-state index contributed by atoms with van der Waals surface area (Å²) >= 11 is 5.88. The predicted octanol–water partition coefficient (Wildman–Crippen LogP) is 2.17. The minimum atomic E-state index is 0.181. The average Bonchev–Trinajstić information content (AvgIpc) is 2.45. The maximum atomic E-state index is 9.42. The van der Waals surface area contributed by atoms with Crippen LogP contribution in [-0.4, -0.2) is 39.8 Å². The fraction of sp³-hybridized carbons (Fsp3) is 0.769. The number of aliphatic hydroxyl groups excluding tert-OH is 1. The van der Waals surface area contributed by atoms with Crippen molar-refractivity contribution in [2.75, 3.05) is 30.3 Å². The minimum absolute atomic E-state index is 0.181. The standard InChI is InChI=1S/C13H22ClN5O/c1-2-15-12-17-11(14)18-13(19-12)16-7-9-5-3-4-6-10(9)8-20/h9-10,20H,2-8H2,1H3,(H2,15,16,17,18,19). The number of anilines is 2. The molecule has 2 rings (SSSR count). The van der Waals surface area contributed by atoms with Crippen molar-refractivity contribution in [2.45, 2.75) is 32.6 Å². The average molecular weight is 300 g/mol. The molecule has 7 heteroatoms. The van der Waals surface area contributed by atoms with Gasteiger partial charge in [0.25, 0.3) is 0 Å². The van der Waals surface area contributed by atoms with E-state index in [4.69, 9.17) is 11.6 Å². The monoisotopic (exact) mass is 299 g/mol. The summed E-state index contributed by atoms with van der Waals surface area (Å²) in [5, 5.41) is 15.8. The van der Waals surface area contributed by atoms with Gasteiger partial charge in [0.05, 0.1) is 0 Å². The number of nitrogens with one attached hydrogen (secondary N) is 2. The van der Waals surface area contributed by atoms with E-state index in [1.165, 1.54) is 12.8 Å². The number of hydrogen-bond acceptors (Lipinski definition) is 6. The molecular formula is C13H22ClN5O. The lowest BCUT2D eigenvalue weighted by Crippen LogP contribution is -2.29. The number of rotatable bonds is 6. The first-order valence-electron chi connectivity index (χ1n) is 7.23. The Kier molecular flexibility index (Phi) is 5.79. The van der Waals surface area contributed by atoms with Crippen molar-refractivity contribution >= 4 is 23.5 Å². The summed E-state index contributed by atoms with van der Waals surface area (Å²) in [5.74, 6) is 1.81. The van der Waals surface area contributed by atoms with E-state index in [9.17, 15) is 5.11 Å². The van der Waals surface area contributed by atoms with Crippen LogP contribution in [0.5, 0.6) is 0 Å². The second-order valence-corrected chi connectivity index (χ2v) is 5.49. The molecule has 0 radical (unpaired) electrons. The summed E-state index contributed by atoms with van der Waals surface area (Å²) in [6.07, 6.45) is 4.67. The molecule has 1 aromatic rings. The van der Waals surface area contributed by atoms with Gasteiger partial charge in [-0.3, -0.25) is 0 Å². The Bertz CT molecular complexity index is 431. The van der Waals surface area contributed by atoms with Gasteiger partial charge in [-0.25, -0.2) is 0 Å². The Balaban J connectivity index is 1.95. The van der Waals surface area contributed by atoms with Gasteiger partial charge in [0.2, 0.25) is 17.2 Å². The number of aromatic nitrogens is 3. The predicted molar refractivity (Wildman–Crippen MR) is 80.0 cm³/mol. The Morgan fingerprint density at radius 2 is 1.75 bits per heavy atom. The van der Waals surface area contributed by atoms with Crippen LogP contribution in [0.3, 0.4) is 0 Å². The fourth-order valence-electron chi connectivity index (χ4n) is 2.68. The van der Waals surface area contributed by atoms with E-state index in [1.807, 2.05) is 6.92 Å². The van der Waals surface area contributed by atoms with E-state index < -0.39 is 0 Å². The maximum absolute atomic E-state index is 9.42. The molecule has 1 aliphatic carbocycles. The van der Waals surface area contributed by atoms with Crippen LogP contribution in [0.15, 0.2) is 0 Å². The van der Waals surface area contributed by atoms with E-state index in [2.05, 4.69) is 25.6 Å². The SMILES string of the molecule is CCNc1nc(Cl)nc(NCC2CCCCC2CO)n1. The Labute approximate surface area is 124 Å². The fourth-order valence-corrected chi connectivity index (χ4v) is 2.84. The summed E-state index contributed by atoms with van der Waals surface area (Å²) in [6.45, 7) is 3.72. The molecule has 1 aromatic heterocycles. The second-order valence-electron chi connectivity index (χ2n) is 5.15. The molecule has 112 valence electrons. The van der Waals surface area contributed by atoms with Crippen LogP contribution in [0.1, 0.15) is 32.6 Å². The summed E-state index contributed by atoms with van der Waals surface area (Å²) in [4.78, 5) is 12.3. The van der Waals surface area contributed by atoms with Crippen molar-refractivity contribution in [1.29, 1.82) is 0 Å². The van der Waals surface area contributed by atoms with Crippen molar-refractivity contribution < 1.29 is 5.11 Å². The quantitative estimate of drug-likeness (QED) is 0.747. The first-order chi connectivity index (χ1) is 9.72. The topological polar surface area (TPSA) is 83.0 Å². The summed E-state index contributed by atoms with van der Waals surface area (Å²) < 4.78 is 0. The largest absolute Gasteiger partial charge is 0.396 e. The van der Waals surface area contributed by atoms with Crippen molar-refractivity contribution in [3.8, 4) is 0 Å². The summed E-state index contributed by atoms with van der Waals surface area (Å²) in [6, 6.07) is 0. The molecule has 1 heterocycles. The molecule has 2 unspecified atom stereocenters. The molecule has 0 saturated heterocycles. The molecule has 0 aliphatic heterocycles. The summed E-state index contributed by atoms with van der Waals surface area (Å²) in [7, 11) is 0.